The molecule has 0 bridgehead atoms. The summed E-state index contributed by atoms with van der Waals surface area (Å²) in [5.74, 6) is -3.10. The summed E-state index contributed by atoms with van der Waals surface area (Å²) < 4.78 is 5.16. The van der Waals surface area contributed by atoms with Gasteiger partial charge in [-0.3, -0.25) is 19.2 Å². The SMILES string of the molecule is C[C@@H](O)[C@H](NC(=O)[C@@H]1CCN(C(=O)[C@@H]2CCN(C(=O)[C@@H](NC(=O)OCc3ccccc3)[C@@H](C)O)C2)C1)C(N)=O. The lowest BCUT2D eigenvalue weighted by Gasteiger charge is -2.26. The normalized spacial score (nSPS) is 21.9. The van der Waals surface area contributed by atoms with E-state index in [0.717, 1.165) is 5.56 Å². The second kappa shape index (κ2) is 13.4. The Balaban J connectivity index is 1.50. The fourth-order valence-electron chi connectivity index (χ4n) is 4.77. The Hall–Kier alpha value is -3.71. The number of nitrogens with zero attached hydrogens (tertiary/aromatic N) is 2. The molecule has 0 spiro atoms. The molecule has 13 nitrogen and oxygen atoms in total. The van der Waals surface area contributed by atoms with Crippen LogP contribution in [0.15, 0.2) is 30.3 Å². The van der Waals surface area contributed by atoms with Crippen molar-refractivity contribution in [3.63, 3.8) is 0 Å². The molecule has 2 fully saturated rings. The molecule has 13 heteroatoms. The number of primary amides is 1. The van der Waals surface area contributed by atoms with Gasteiger partial charge in [-0.1, -0.05) is 30.3 Å². The summed E-state index contributed by atoms with van der Waals surface area (Å²) in [4.78, 5) is 65.5. The fraction of sp³-hybridized carbons (Fsp3) is 0.577. The number of aliphatic hydroxyl groups excluding tert-OH is 2. The number of hydrogen-bond donors (Lipinski definition) is 5. The minimum atomic E-state index is -1.24. The van der Waals surface area contributed by atoms with Crippen molar-refractivity contribution in [1.29, 1.82) is 0 Å². The molecule has 0 aliphatic carbocycles. The zero-order valence-corrected chi connectivity index (χ0v) is 22.1. The molecule has 1 aromatic carbocycles. The maximum atomic E-state index is 13.1. The molecule has 6 N–H and O–H groups in total. The first-order valence-electron chi connectivity index (χ1n) is 13.0. The summed E-state index contributed by atoms with van der Waals surface area (Å²) in [7, 11) is 0. The number of amides is 5. The summed E-state index contributed by atoms with van der Waals surface area (Å²) in [6.45, 7) is 3.60. The van der Waals surface area contributed by atoms with Crippen molar-refractivity contribution in [2.45, 2.75) is 57.6 Å². The number of ether oxygens (including phenoxy) is 1. The van der Waals surface area contributed by atoms with Gasteiger partial charge in [0.15, 0.2) is 0 Å². The Kier molecular flexibility index (Phi) is 10.2. The molecule has 6 atom stereocenters. The number of carbonyl (C=O) groups is 5. The van der Waals surface area contributed by atoms with E-state index in [4.69, 9.17) is 10.5 Å². The van der Waals surface area contributed by atoms with Crippen LogP contribution in [0.4, 0.5) is 4.79 Å². The minimum absolute atomic E-state index is 0.00471. The molecule has 214 valence electrons. The third-order valence-corrected chi connectivity index (χ3v) is 7.04. The van der Waals surface area contributed by atoms with Crippen molar-refractivity contribution in [2.24, 2.45) is 17.6 Å². The molecule has 2 aliphatic heterocycles. The highest BCUT2D eigenvalue weighted by atomic mass is 16.5. The second-order valence-electron chi connectivity index (χ2n) is 10.1. The Labute approximate surface area is 226 Å². The summed E-state index contributed by atoms with van der Waals surface area (Å²) in [6.07, 6.45) is -2.41. The van der Waals surface area contributed by atoms with Gasteiger partial charge in [-0.05, 0) is 32.3 Å². The number of carbonyl (C=O) groups excluding carboxylic acids is 5. The number of nitrogens with one attached hydrogen (secondary N) is 2. The molecular weight excluding hydrogens is 510 g/mol. The van der Waals surface area contributed by atoms with Crippen molar-refractivity contribution in [3.8, 4) is 0 Å². The molecule has 2 saturated heterocycles. The van der Waals surface area contributed by atoms with Crippen LogP contribution in [0.5, 0.6) is 0 Å². The van der Waals surface area contributed by atoms with Crippen molar-refractivity contribution in [1.82, 2.24) is 20.4 Å². The summed E-state index contributed by atoms with van der Waals surface area (Å²) in [5.41, 5.74) is 6.00. The Bertz CT molecular complexity index is 1050. The number of hydrogen-bond acceptors (Lipinski definition) is 8. The number of alkyl carbamates (subject to hydrolysis) is 1. The molecule has 3 rings (SSSR count). The molecule has 1 aromatic rings. The maximum Gasteiger partial charge on any atom is 0.408 e. The van der Waals surface area contributed by atoms with Crippen molar-refractivity contribution in [2.75, 3.05) is 26.2 Å². The van der Waals surface area contributed by atoms with Crippen molar-refractivity contribution in [3.05, 3.63) is 35.9 Å². The van der Waals surface area contributed by atoms with Gasteiger partial charge in [0.1, 0.15) is 18.7 Å². The van der Waals surface area contributed by atoms with E-state index in [2.05, 4.69) is 10.6 Å². The smallest absolute Gasteiger partial charge is 0.408 e. The first-order valence-corrected chi connectivity index (χ1v) is 13.0. The molecule has 0 saturated carbocycles. The molecule has 2 heterocycles. The lowest BCUT2D eigenvalue weighted by molar-refractivity contribution is -0.137. The van der Waals surface area contributed by atoms with Crippen molar-refractivity contribution < 1.29 is 38.9 Å². The van der Waals surface area contributed by atoms with Gasteiger partial charge in [-0.25, -0.2) is 4.79 Å². The van der Waals surface area contributed by atoms with Crippen LogP contribution >= 0.6 is 0 Å². The van der Waals surface area contributed by atoms with Gasteiger partial charge >= 0.3 is 6.09 Å². The molecule has 0 unspecified atom stereocenters. The van der Waals surface area contributed by atoms with Crippen LogP contribution in [0, 0.1) is 11.8 Å². The minimum Gasteiger partial charge on any atom is -0.445 e. The zero-order chi connectivity index (χ0) is 28.7. The average Bonchev–Trinajstić information content (AvgIpc) is 3.59. The van der Waals surface area contributed by atoms with E-state index < -0.39 is 59.9 Å². The van der Waals surface area contributed by atoms with E-state index in [0.29, 0.717) is 19.4 Å². The highest BCUT2D eigenvalue weighted by Crippen LogP contribution is 2.24. The second-order valence-corrected chi connectivity index (χ2v) is 10.1. The van der Waals surface area contributed by atoms with Crippen LogP contribution in [-0.4, -0.2) is 100 Å². The number of nitrogens with two attached hydrogens (primary N) is 1. The molecule has 0 radical (unpaired) electrons. The van der Waals surface area contributed by atoms with E-state index in [-0.39, 0.29) is 32.1 Å². The summed E-state index contributed by atoms with van der Waals surface area (Å²) in [5, 5.41) is 24.7. The van der Waals surface area contributed by atoms with Gasteiger partial charge in [0.2, 0.25) is 23.6 Å². The molecule has 0 aromatic heterocycles. The van der Waals surface area contributed by atoms with Crippen LogP contribution in [-0.2, 0) is 30.5 Å². The summed E-state index contributed by atoms with van der Waals surface area (Å²) in [6, 6.07) is 6.55. The Morgan fingerprint density at radius 2 is 1.51 bits per heavy atom. The quantitative estimate of drug-likeness (QED) is 0.239. The first kappa shape index (κ1) is 29.8. The fourth-order valence-corrected chi connectivity index (χ4v) is 4.77. The van der Waals surface area contributed by atoms with Gasteiger partial charge in [-0.15, -0.1) is 0 Å². The number of aliphatic hydroxyl groups is 2. The standard InChI is InChI=1S/C26H37N5O8/c1-15(32)20(22(27)34)28-23(35)18-8-10-30(12-18)24(36)19-9-11-31(13-19)25(37)21(16(2)33)29-26(38)39-14-17-6-4-3-5-7-17/h3-7,15-16,18-21,32-33H,8-14H2,1-2H3,(H2,27,34)(H,28,35)(H,29,38)/t15-,16-,18-,19-,20+,21+/m1/s1. The molecular formula is C26H37N5O8. The predicted octanol–water partition coefficient (Wildman–Crippen LogP) is -1.29. The lowest BCUT2D eigenvalue weighted by Crippen LogP contribution is -2.53. The average molecular weight is 548 g/mol. The van der Waals surface area contributed by atoms with Crippen LogP contribution < -0.4 is 16.4 Å². The highest BCUT2D eigenvalue weighted by molar-refractivity contribution is 5.90. The van der Waals surface area contributed by atoms with E-state index >= 15 is 0 Å². The Morgan fingerprint density at radius 3 is 2.13 bits per heavy atom. The predicted molar refractivity (Wildman–Crippen MR) is 137 cm³/mol. The topological polar surface area (TPSA) is 192 Å². The van der Waals surface area contributed by atoms with Crippen LogP contribution in [0.3, 0.4) is 0 Å². The van der Waals surface area contributed by atoms with Gasteiger partial charge in [0, 0.05) is 26.2 Å². The molecule has 39 heavy (non-hydrogen) atoms. The zero-order valence-electron chi connectivity index (χ0n) is 22.1. The lowest BCUT2D eigenvalue weighted by atomic mass is 10.1. The number of likely N-dealkylation sites (tertiary alicyclic amines) is 2. The van der Waals surface area contributed by atoms with Crippen LogP contribution in [0.2, 0.25) is 0 Å². The number of benzene rings is 1. The van der Waals surface area contributed by atoms with Gasteiger partial charge < -0.3 is 41.1 Å². The van der Waals surface area contributed by atoms with Crippen LogP contribution in [0.1, 0.15) is 32.3 Å². The van der Waals surface area contributed by atoms with E-state index in [1.165, 1.54) is 18.7 Å². The van der Waals surface area contributed by atoms with E-state index in [1.54, 1.807) is 29.2 Å². The first-order chi connectivity index (χ1) is 18.5. The van der Waals surface area contributed by atoms with E-state index in [9.17, 15) is 34.2 Å². The van der Waals surface area contributed by atoms with E-state index in [1.807, 2.05) is 6.07 Å². The Morgan fingerprint density at radius 1 is 0.923 bits per heavy atom. The third-order valence-electron chi connectivity index (χ3n) is 7.04. The molecule has 5 amide bonds. The third kappa shape index (κ3) is 7.90. The van der Waals surface area contributed by atoms with Crippen molar-refractivity contribution >= 4 is 29.7 Å². The van der Waals surface area contributed by atoms with Crippen LogP contribution in [0.25, 0.3) is 0 Å². The largest absolute Gasteiger partial charge is 0.445 e. The maximum absolute atomic E-state index is 13.1. The van der Waals surface area contributed by atoms with Gasteiger partial charge in [0.25, 0.3) is 0 Å². The number of rotatable bonds is 10. The van der Waals surface area contributed by atoms with Gasteiger partial charge in [-0.2, -0.15) is 0 Å². The highest BCUT2D eigenvalue weighted by Gasteiger charge is 2.40. The van der Waals surface area contributed by atoms with Gasteiger partial charge in [0.05, 0.1) is 24.0 Å². The summed E-state index contributed by atoms with van der Waals surface area (Å²) >= 11 is 0. The molecule has 2 aliphatic rings. The monoisotopic (exact) mass is 547 g/mol.